The summed E-state index contributed by atoms with van der Waals surface area (Å²) in [5, 5.41) is 6.17. The predicted octanol–water partition coefficient (Wildman–Crippen LogP) is 2.29. The van der Waals surface area contributed by atoms with Gasteiger partial charge in [0.2, 0.25) is 11.8 Å². The average molecular weight is 553 g/mol. The normalized spacial score (nSPS) is 11.7. The average Bonchev–Trinajstić information content (AvgIpc) is 2.96. The van der Waals surface area contributed by atoms with Crippen LogP contribution in [0.1, 0.15) is 31.9 Å². The number of nitrogens with one attached hydrogen (secondary N) is 3. The molecule has 0 bridgehead atoms. The van der Waals surface area contributed by atoms with Gasteiger partial charge in [-0.2, -0.15) is 0 Å². The number of hydrogen-bond donors (Lipinski definition) is 3. The molecule has 214 valence electrons. The van der Waals surface area contributed by atoms with Crippen LogP contribution in [0, 0.1) is 0 Å². The molecule has 1 aromatic carbocycles. The van der Waals surface area contributed by atoms with Crippen LogP contribution < -0.4 is 16.1 Å². The highest BCUT2D eigenvalue weighted by molar-refractivity contribution is 5.88. The van der Waals surface area contributed by atoms with Crippen LogP contribution in [0.15, 0.2) is 61.1 Å². The number of fused-ring (bicyclic) bond motifs is 1. The Morgan fingerprint density at radius 1 is 0.975 bits per heavy atom. The highest BCUT2D eigenvalue weighted by Gasteiger charge is 2.26. The highest BCUT2D eigenvalue weighted by Crippen LogP contribution is 2.19. The van der Waals surface area contributed by atoms with Crippen LogP contribution in [0.5, 0.6) is 0 Å². The second-order valence-corrected chi connectivity index (χ2v) is 8.77. The van der Waals surface area contributed by atoms with Gasteiger partial charge in [-0.1, -0.05) is 24.3 Å². The molecule has 4 amide bonds. The first kappa shape index (κ1) is 30.4. The van der Waals surface area contributed by atoms with Gasteiger partial charge >= 0.3 is 6.03 Å². The zero-order chi connectivity index (χ0) is 28.7. The number of urea groups is 1. The molecule has 0 fully saturated rings. The molecule has 3 rings (SSSR count). The van der Waals surface area contributed by atoms with Gasteiger partial charge in [0, 0.05) is 50.3 Å². The van der Waals surface area contributed by atoms with Crippen molar-refractivity contribution in [3.05, 3.63) is 72.2 Å². The summed E-state index contributed by atoms with van der Waals surface area (Å²) in [6.45, 7) is 6.28. The first-order valence-electron chi connectivity index (χ1n) is 13.1. The molecule has 3 N–H and O–H groups in total. The molecule has 0 saturated heterocycles. The maximum Gasteiger partial charge on any atom is 0.338 e. The van der Waals surface area contributed by atoms with Crippen LogP contribution >= 0.6 is 0 Å². The fourth-order valence-electron chi connectivity index (χ4n) is 3.94. The van der Waals surface area contributed by atoms with E-state index in [9.17, 15) is 14.4 Å². The van der Waals surface area contributed by atoms with Crippen molar-refractivity contribution in [3.63, 3.8) is 0 Å². The summed E-state index contributed by atoms with van der Waals surface area (Å²) < 4.78 is 11.4. The van der Waals surface area contributed by atoms with Gasteiger partial charge in [0.25, 0.3) is 0 Å². The summed E-state index contributed by atoms with van der Waals surface area (Å²) >= 11 is 0. The summed E-state index contributed by atoms with van der Waals surface area (Å²) in [6, 6.07) is 11.6. The van der Waals surface area contributed by atoms with Crippen LogP contribution in [-0.2, 0) is 37.0 Å². The van der Waals surface area contributed by atoms with Gasteiger partial charge in [-0.05, 0) is 50.1 Å². The molecule has 0 saturated carbocycles. The molecule has 1 unspecified atom stereocenters. The van der Waals surface area contributed by atoms with E-state index in [-0.39, 0.29) is 25.5 Å². The Morgan fingerprint density at radius 2 is 1.70 bits per heavy atom. The standard InChI is InChI=1S/C28H36N6O6/c1-4-38-25(39-5-2)18-34(17-23-9-6-8-22-10-7-13-30-26(22)23)27(36)20(3)32-24(35)19-40-33-28(37)31-16-21-11-14-29-15-12-21/h6-15,20,25H,4-5,16-19H2,1-3H3,(H,32,35)(H2,31,33,37). The van der Waals surface area contributed by atoms with Gasteiger partial charge in [0.15, 0.2) is 12.9 Å². The SMILES string of the molecule is CCOC(CN(Cc1cccc2cccnc12)C(=O)C(C)NC(=O)CONC(=O)NCc1ccncc1)OCC. The van der Waals surface area contributed by atoms with Crippen molar-refractivity contribution >= 4 is 28.7 Å². The number of carbonyl (C=O) groups excluding carboxylic acids is 3. The molecule has 0 spiro atoms. The smallest absolute Gasteiger partial charge is 0.338 e. The fourth-order valence-corrected chi connectivity index (χ4v) is 3.94. The predicted molar refractivity (Wildman–Crippen MR) is 147 cm³/mol. The number of pyridine rings is 2. The third kappa shape index (κ3) is 9.56. The quantitative estimate of drug-likeness (QED) is 0.192. The van der Waals surface area contributed by atoms with E-state index in [0.29, 0.717) is 13.2 Å². The van der Waals surface area contributed by atoms with Gasteiger partial charge in [-0.15, -0.1) is 0 Å². The van der Waals surface area contributed by atoms with E-state index in [4.69, 9.17) is 14.3 Å². The van der Waals surface area contributed by atoms with E-state index < -0.39 is 30.9 Å². The molecular formula is C28H36N6O6. The molecule has 12 heteroatoms. The summed E-state index contributed by atoms with van der Waals surface area (Å²) in [4.78, 5) is 52.9. The van der Waals surface area contributed by atoms with E-state index in [1.807, 2.05) is 44.2 Å². The van der Waals surface area contributed by atoms with Crippen LogP contribution in [0.4, 0.5) is 4.79 Å². The van der Waals surface area contributed by atoms with Crippen molar-refractivity contribution in [2.75, 3.05) is 26.4 Å². The molecular weight excluding hydrogens is 516 g/mol. The number of benzene rings is 1. The molecule has 2 heterocycles. The number of ether oxygens (including phenoxy) is 2. The molecule has 0 aliphatic carbocycles. The van der Waals surface area contributed by atoms with Gasteiger partial charge in [0.05, 0.1) is 12.1 Å². The van der Waals surface area contributed by atoms with Gasteiger partial charge in [-0.25, -0.2) is 10.3 Å². The molecule has 12 nitrogen and oxygen atoms in total. The third-order valence-corrected chi connectivity index (χ3v) is 5.78. The lowest BCUT2D eigenvalue weighted by molar-refractivity contribution is -0.161. The monoisotopic (exact) mass is 552 g/mol. The lowest BCUT2D eigenvalue weighted by atomic mass is 10.1. The Morgan fingerprint density at radius 3 is 2.42 bits per heavy atom. The second kappa shape index (κ2) is 16.1. The van der Waals surface area contributed by atoms with Gasteiger partial charge in [-0.3, -0.25) is 24.4 Å². The maximum atomic E-state index is 13.5. The first-order chi connectivity index (χ1) is 19.4. The Bertz CT molecular complexity index is 1230. The van der Waals surface area contributed by atoms with Crippen molar-refractivity contribution in [3.8, 4) is 0 Å². The molecule has 0 aliphatic heterocycles. The summed E-state index contributed by atoms with van der Waals surface area (Å²) in [5.41, 5.74) is 4.64. The Hall–Kier alpha value is -4.13. The molecule has 0 aliphatic rings. The molecule has 1 atom stereocenters. The molecule has 40 heavy (non-hydrogen) atoms. The molecule has 0 radical (unpaired) electrons. The number of rotatable bonds is 15. The maximum absolute atomic E-state index is 13.5. The minimum absolute atomic E-state index is 0.152. The summed E-state index contributed by atoms with van der Waals surface area (Å²) in [7, 11) is 0. The Balaban J connectivity index is 1.58. The molecule has 3 aromatic rings. The number of aromatic nitrogens is 2. The summed E-state index contributed by atoms with van der Waals surface area (Å²) in [6.07, 6.45) is 4.30. The summed E-state index contributed by atoms with van der Waals surface area (Å²) in [5.74, 6) is -0.915. The van der Waals surface area contributed by atoms with E-state index in [1.54, 1.807) is 42.5 Å². The number of carbonyl (C=O) groups is 3. The van der Waals surface area contributed by atoms with Crippen molar-refractivity contribution in [2.45, 2.75) is 46.2 Å². The second-order valence-electron chi connectivity index (χ2n) is 8.77. The lowest BCUT2D eigenvalue weighted by Gasteiger charge is -2.30. The van der Waals surface area contributed by atoms with E-state index in [1.165, 1.54) is 0 Å². The minimum Gasteiger partial charge on any atom is -0.351 e. The van der Waals surface area contributed by atoms with Crippen molar-refractivity contribution in [1.29, 1.82) is 0 Å². The van der Waals surface area contributed by atoms with Crippen LogP contribution in [0.2, 0.25) is 0 Å². The Labute approximate surface area is 233 Å². The van der Waals surface area contributed by atoms with Crippen LogP contribution in [0.3, 0.4) is 0 Å². The van der Waals surface area contributed by atoms with Crippen molar-refractivity contribution in [2.24, 2.45) is 0 Å². The minimum atomic E-state index is -0.886. The highest BCUT2D eigenvalue weighted by atomic mass is 16.7. The molecule has 2 aromatic heterocycles. The number of hydroxylamine groups is 1. The van der Waals surface area contributed by atoms with Gasteiger partial charge < -0.3 is 25.0 Å². The largest absolute Gasteiger partial charge is 0.351 e. The van der Waals surface area contributed by atoms with Crippen molar-refractivity contribution < 1.29 is 28.7 Å². The number of amides is 4. The van der Waals surface area contributed by atoms with E-state index in [0.717, 1.165) is 22.0 Å². The fraction of sp³-hybridized carbons (Fsp3) is 0.393. The number of hydrogen-bond acceptors (Lipinski definition) is 8. The van der Waals surface area contributed by atoms with E-state index in [2.05, 4.69) is 26.1 Å². The van der Waals surface area contributed by atoms with Gasteiger partial charge in [0.1, 0.15) is 6.04 Å². The van der Waals surface area contributed by atoms with Crippen LogP contribution in [0.25, 0.3) is 10.9 Å². The topological polar surface area (TPSA) is 144 Å². The van der Waals surface area contributed by atoms with Crippen molar-refractivity contribution in [1.82, 2.24) is 31.0 Å². The van der Waals surface area contributed by atoms with Crippen LogP contribution in [-0.4, -0.2) is 71.4 Å². The number of nitrogens with zero attached hydrogens (tertiary/aromatic N) is 3. The third-order valence-electron chi connectivity index (χ3n) is 5.78. The zero-order valence-corrected chi connectivity index (χ0v) is 23.0. The first-order valence-corrected chi connectivity index (χ1v) is 13.1. The zero-order valence-electron chi connectivity index (χ0n) is 23.0. The lowest BCUT2D eigenvalue weighted by Crippen LogP contribution is -2.50. The number of para-hydroxylation sites is 1. The van der Waals surface area contributed by atoms with E-state index >= 15 is 0 Å². The Kier molecular flexibility index (Phi) is 12.2.